The van der Waals surface area contributed by atoms with Crippen LogP contribution in [0.4, 0.5) is 34.1 Å². The average Bonchev–Trinajstić information content (AvgIpc) is 0.925. The summed E-state index contributed by atoms with van der Waals surface area (Å²) < 4.78 is 0. The van der Waals surface area contributed by atoms with Crippen molar-refractivity contribution < 1.29 is 0 Å². The summed E-state index contributed by atoms with van der Waals surface area (Å²) in [6.45, 7) is 27.0. The molecule has 0 aromatic heterocycles. The molecule has 11 rings (SSSR count). The Balaban J connectivity index is 0.995. The van der Waals surface area contributed by atoms with E-state index in [4.69, 9.17) is 0 Å². The zero-order valence-corrected chi connectivity index (χ0v) is 55.8. The molecule has 11 aromatic carbocycles. The molecule has 0 atom stereocenters. The fraction of sp³-hybridized carbons (Fsp3) is 0.250. The minimum absolute atomic E-state index is 1.03. The second-order valence-electron chi connectivity index (χ2n) is 25.9. The number of nitrogens with zero attached hydrogens (tertiary/aromatic N) is 2. The van der Waals surface area contributed by atoms with Gasteiger partial charge in [0.2, 0.25) is 0 Å². The summed E-state index contributed by atoms with van der Waals surface area (Å²) in [6.07, 6.45) is 11.8. The zero-order chi connectivity index (χ0) is 63.0. The van der Waals surface area contributed by atoms with Crippen molar-refractivity contribution in [2.24, 2.45) is 0 Å². The molecule has 0 N–H and O–H groups in total. The highest BCUT2D eigenvalue weighted by Gasteiger charge is 2.22. The maximum absolute atomic E-state index is 2.61. The summed E-state index contributed by atoms with van der Waals surface area (Å²) in [5.74, 6) is 0. The molecule has 0 saturated heterocycles. The fourth-order valence-electron chi connectivity index (χ4n) is 14.1. The lowest BCUT2D eigenvalue weighted by Crippen LogP contribution is -2.10. The second kappa shape index (κ2) is 28.2. The molecule has 2 heteroatoms. The van der Waals surface area contributed by atoms with Gasteiger partial charge < -0.3 is 9.80 Å². The van der Waals surface area contributed by atoms with Gasteiger partial charge in [0.15, 0.2) is 0 Å². The first-order valence-corrected chi connectivity index (χ1v) is 33.3. The van der Waals surface area contributed by atoms with Crippen molar-refractivity contribution in [1.82, 2.24) is 0 Å². The predicted molar refractivity (Wildman–Crippen MR) is 391 cm³/mol. The molecule has 0 aliphatic rings. The van der Waals surface area contributed by atoms with Gasteiger partial charge in [-0.3, -0.25) is 0 Å². The van der Waals surface area contributed by atoms with E-state index in [1.54, 1.807) is 0 Å². The third-order valence-electron chi connectivity index (χ3n) is 18.6. The number of hydrogen-bond acceptors (Lipinski definition) is 2. The average molecular weight is 1180 g/mol. The van der Waals surface area contributed by atoms with Gasteiger partial charge in [-0.15, -0.1) is 0 Å². The van der Waals surface area contributed by atoms with Crippen LogP contribution in [0.5, 0.6) is 0 Å². The van der Waals surface area contributed by atoms with Crippen molar-refractivity contribution in [2.75, 3.05) is 9.80 Å². The molecule has 90 heavy (non-hydrogen) atoms. The maximum Gasteiger partial charge on any atom is 0.0464 e. The van der Waals surface area contributed by atoms with Crippen LogP contribution >= 0.6 is 0 Å². The van der Waals surface area contributed by atoms with E-state index in [0.717, 1.165) is 59.8 Å². The highest BCUT2D eigenvalue weighted by molar-refractivity contribution is 5.87. The summed E-state index contributed by atoms with van der Waals surface area (Å²) in [6, 6.07) is 83.4. The third-order valence-corrected chi connectivity index (χ3v) is 18.6. The summed E-state index contributed by atoms with van der Waals surface area (Å²) >= 11 is 0. The molecule has 0 aliphatic carbocycles. The number of aryl methyl sites for hydroxylation is 12. The standard InChI is InChI=1S/C88H92N2/c1-13-15-17-19-21-75-57-86(84-50-48-82(56-64(84)8)90(78-41-33-72(34-42-78)70-29-25-60(4)26-30-70)80-45-37-74(38-46-80)88-67(11)53-62(6)54-68(88)12)76(22-20-18-16-14-2)58-85(75)83-49-47-81(55-63(83)7)89(77-39-31-71(32-40-77)69-27-23-59(3)24-28-69)79-43-35-73(36-44-79)87-65(9)51-61(5)52-66(87)10/h23-58H,13-22H2,1-12H3. The Morgan fingerprint density at radius 3 is 0.789 bits per heavy atom. The first kappa shape index (κ1) is 62.6. The van der Waals surface area contributed by atoms with Crippen LogP contribution in [-0.2, 0) is 12.8 Å². The summed E-state index contributed by atoms with van der Waals surface area (Å²) in [5, 5.41) is 0. The quantitative estimate of drug-likeness (QED) is 0.0624. The normalized spacial score (nSPS) is 11.3. The van der Waals surface area contributed by atoms with E-state index in [9.17, 15) is 0 Å². The van der Waals surface area contributed by atoms with Gasteiger partial charge in [-0.2, -0.15) is 0 Å². The Morgan fingerprint density at radius 2 is 0.500 bits per heavy atom. The zero-order valence-electron chi connectivity index (χ0n) is 55.8. The van der Waals surface area contributed by atoms with Crippen molar-refractivity contribution in [3.8, 4) is 66.8 Å². The topological polar surface area (TPSA) is 6.48 Å². The molecular formula is C88H92N2. The smallest absolute Gasteiger partial charge is 0.0464 e. The van der Waals surface area contributed by atoms with Crippen molar-refractivity contribution in [3.63, 3.8) is 0 Å². The molecule has 0 spiro atoms. The van der Waals surface area contributed by atoms with Crippen LogP contribution in [0.2, 0.25) is 0 Å². The van der Waals surface area contributed by atoms with Gasteiger partial charge in [0, 0.05) is 34.1 Å². The highest BCUT2D eigenvalue weighted by atomic mass is 15.1. The van der Waals surface area contributed by atoms with E-state index in [1.807, 2.05) is 0 Å². The Bertz CT molecular complexity index is 3930. The van der Waals surface area contributed by atoms with Crippen molar-refractivity contribution in [1.29, 1.82) is 0 Å². The maximum atomic E-state index is 2.61. The molecule has 11 aromatic rings. The molecule has 0 radical (unpaired) electrons. The summed E-state index contributed by atoms with van der Waals surface area (Å²) in [4.78, 5) is 4.89. The Kier molecular flexibility index (Phi) is 19.6. The van der Waals surface area contributed by atoms with Crippen LogP contribution in [0.15, 0.2) is 218 Å². The number of benzene rings is 11. The molecule has 454 valence electrons. The van der Waals surface area contributed by atoms with Gasteiger partial charge >= 0.3 is 0 Å². The number of hydrogen-bond donors (Lipinski definition) is 0. The molecule has 0 fully saturated rings. The van der Waals surface area contributed by atoms with Crippen LogP contribution in [0, 0.1) is 69.2 Å². The van der Waals surface area contributed by atoms with Crippen LogP contribution in [0.1, 0.15) is 132 Å². The lowest BCUT2D eigenvalue weighted by Gasteiger charge is -2.28. The van der Waals surface area contributed by atoms with Crippen molar-refractivity contribution in [3.05, 3.63) is 285 Å². The summed E-state index contributed by atoms with van der Waals surface area (Å²) in [5.41, 5.74) is 38.0. The molecular weight excluding hydrogens is 1080 g/mol. The van der Waals surface area contributed by atoms with E-state index in [2.05, 4.69) is 311 Å². The molecule has 0 heterocycles. The largest absolute Gasteiger partial charge is 0.310 e. The van der Waals surface area contributed by atoms with Crippen molar-refractivity contribution in [2.45, 2.75) is 147 Å². The Labute approximate surface area is 540 Å². The predicted octanol–water partition coefficient (Wildman–Crippen LogP) is 26.0. The molecule has 0 amide bonds. The van der Waals surface area contributed by atoms with E-state index in [1.165, 1.54) is 172 Å². The van der Waals surface area contributed by atoms with E-state index in [0.29, 0.717) is 0 Å². The second-order valence-corrected chi connectivity index (χ2v) is 25.9. The molecule has 0 saturated carbocycles. The third kappa shape index (κ3) is 14.1. The first-order valence-electron chi connectivity index (χ1n) is 33.3. The number of anilines is 6. The first-order chi connectivity index (χ1) is 43.6. The van der Waals surface area contributed by atoms with Crippen LogP contribution in [-0.4, -0.2) is 0 Å². The lowest BCUT2D eigenvalue weighted by atomic mass is 9.84. The van der Waals surface area contributed by atoms with Crippen LogP contribution in [0.3, 0.4) is 0 Å². The Morgan fingerprint density at radius 1 is 0.222 bits per heavy atom. The Hall–Kier alpha value is -8.98. The van der Waals surface area contributed by atoms with Crippen LogP contribution < -0.4 is 9.80 Å². The van der Waals surface area contributed by atoms with Gasteiger partial charge in [0.1, 0.15) is 0 Å². The van der Waals surface area contributed by atoms with Gasteiger partial charge in [-0.05, 0) is 279 Å². The fourth-order valence-corrected chi connectivity index (χ4v) is 14.1. The van der Waals surface area contributed by atoms with Crippen molar-refractivity contribution >= 4 is 34.1 Å². The minimum Gasteiger partial charge on any atom is -0.310 e. The lowest BCUT2D eigenvalue weighted by molar-refractivity contribution is 0.664. The van der Waals surface area contributed by atoms with Gasteiger partial charge in [-0.25, -0.2) is 0 Å². The van der Waals surface area contributed by atoms with Gasteiger partial charge in [0.25, 0.3) is 0 Å². The molecule has 0 unspecified atom stereocenters. The monoisotopic (exact) mass is 1180 g/mol. The van der Waals surface area contributed by atoms with Gasteiger partial charge in [-0.1, -0.05) is 220 Å². The van der Waals surface area contributed by atoms with E-state index >= 15 is 0 Å². The van der Waals surface area contributed by atoms with E-state index < -0.39 is 0 Å². The van der Waals surface area contributed by atoms with Gasteiger partial charge in [0.05, 0.1) is 0 Å². The molecule has 2 nitrogen and oxygen atoms in total. The van der Waals surface area contributed by atoms with E-state index in [-0.39, 0.29) is 0 Å². The highest BCUT2D eigenvalue weighted by Crippen LogP contribution is 2.45. The SMILES string of the molecule is CCCCCCc1cc(-c2ccc(N(c3ccc(-c4ccc(C)cc4)cc3)c3ccc(-c4c(C)cc(C)cc4C)cc3)cc2C)c(CCCCCC)cc1-c1ccc(N(c2ccc(-c3ccc(C)cc3)cc2)c2ccc(-c3c(C)cc(C)cc3C)cc2)cc1C. The number of rotatable bonds is 22. The minimum atomic E-state index is 1.03. The summed E-state index contributed by atoms with van der Waals surface area (Å²) in [7, 11) is 0. The number of unbranched alkanes of at least 4 members (excludes halogenated alkanes) is 6. The molecule has 0 bridgehead atoms. The molecule has 0 aliphatic heterocycles. The van der Waals surface area contributed by atoms with Crippen LogP contribution in [0.25, 0.3) is 66.8 Å².